The number of nitrogens with one attached hydrogen (secondary N) is 1. The van der Waals surface area contributed by atoms with E-state index < -0.39 is 22.9 Å². The number of alkyl halides is 3. The summed E-state index contributed by atoms with van der Waals surface area (Å²) in [5.74, 6) is -2.62. The molecule has 0 aliphatic rings. The molecule has 0 fully saturated rings. The predicted octanol–water partition coefficient (Wildman–Crippen LogP) is 1.93. The van der Waals surface area contributed by atoms with Gasteiger partial charge < -0.3 is 10.2 Å². The number of thiol groups is 1. The second-order valence-corrected chi connectivity index (χ2v) is 4.90. The summed E-state index contributed by atoms with van der Waals surface area (Å²) < 4.78 is 36.1. The Bertz CT molecular complexity index is 607. The molecule has 0 saturated carbocycles. The molecule has 24 heavy (non-hydrogen) atoms. The first-order chi connectivity index (χ1) is 11.2. The van der Waals surface area contributed by atoms with Gasteiger partial charge in [0.15, 0.2) is 0 Å². The topological polar surface area (TPSA) is 92.6 Å². The highest BCUT2D eigenvalue weighted by molar-refractivity contribution is 7.81. The average molecular weight is 365 g/mol. The summed E-state index contributed by atoms with van der Waals surface area (Å²) >= 11 is 3.86. The Morgan fingerprint density at radius 1 is 1.25 bits per heavy atom. The van der Waals surface area contributed by atoms with E-state index in [-0.39, 0.29) is 31.0 Å². The van der Waals surface area contributed by atoms with Gasteiger partial charge in [0.2, 0.25) is 5.91 Å². The quantitative estimate of drug-likeness (QED) is 0.334. The molecule has 0 heterocycles. The molecule has 132 valence electrons. The summed E-state index contributed by atoms with van der Waals surface area (Å²) in [5.41, 5.74) is 0.191. The minimum atomic E-state index is -4.96. The van der Waals surface area contributed by atoms with Crippen LogP contribution in [0.4, 0.5) is 24.5 Å². The third-order valence-electron chi connectivity index (χ3n) is 2.91. The lowest BCUT2D eigenvalue weighted by molar-refractivity contribution is -0.384. The third-order valence-corrected chi connectivity index (χ3v) is 3.18. The zero-order chi connectivity index (χ0) is 18.3. The van der Waals surface area contributed by atoms with Gasteiger partial charge in [0.25, 0.3) is 5.69 Å². The molecule has 0 unspecified atom stereocenters. The Labute approximate surface area is 140 Å². The molecule has 0 aliphatic heterocycles. The van der Waals surface area contributed by atoms with E-state index in [4.69, 9.17) is 0 Å². The Balaban J connectivity index is 2.68. The van der Waals surface area contributed by atoms with Crippen LogP contribution in [-0.2, 0) is 9.59 Å². The average Bonchev–Trinajstić information content (AvgIpc) is 2.53. The number of halogens is 3. The van der Waals surface area contributed by atoms with E-state index in [9.17, 15) is 32.9 Å². The molecular weight excluding hydrogens is 351 g/mol. The maximum absolute atomic E-state index is 12.0. The third kappa shape index (κ3) is 5.72. The van der Waals surface area contributed by atoms with Crippen molar-refractivity contribution in [2.75, 3.05) is 23.7 Å². The molecule has 1 N–H and O–H groups in total. The highest BCUT2D eigenvalue weighted by Gasteiger charge is 2.38. The van der Waals surface area contributed by atoms with Crippen molar-refractivity contribution in [1.82, 2.24) is 5.32 Å². The summed E-state index contributed by atoms with van der Waals surface area (Å²) in [7, 11) is 0. The number of nitro benzene ring substituents is 1. The lowest BCUT2D eigenvalue weighted by atomic mass is 10.2. The van der Waals surface area contributed by atoms with Crippen molar-refractivity contribution in [2.45, 2.75) is 12.6 Å². The molecule has 11 heteroatoms. The van der Waals surface area contributed by atoms with Gasteiger partial charge in [-0.15, -0.1) is 0 Å². The lowest BCUT2D eigenvalue weighted by Crippen LogP contribution is -2.39. The van der Waals surface area contributed by atoms with Crippen molar-refractivity contribution >= 4 is 35.8 Å². The molecule has 1 rings (SSSR count). The molecule has 0 spiro atoms. The first-order valence-corrected chi connectivity index (χ1v) is 7.30. The fraction of sp³-hybridized carbons (Fsp3) is 0.385. The van der Waals surface area contributed by atoms with Crippen molar-refractivity contribution < 1.29 is 27.7 Å². The Hall–Kier alpha value is -2.30. The van der Waals surface area contributed by atoms with Crippen molar-refractivity contribution in [3.63, 3.8) is 0 Å². The smallest absolute Gasteiger partial charge is 0.348 e. The molecule has 0 radical (unpaired) electrons. The number of benzene rings is 1. The molecule has 1 aromatic rings. The van der Waals surface area contributed by atoms with E-state index in [1.165, 1.54) is 29.2 Å². The van der Waals surface area contributed by atoms with Crippen LogP contribution in [-0.4, -0.2) is 41.8 Å². The van der Waals surface area contributed by atoms with E-state index in [1.807, 2.05) is 0 Å². The molecule has 7 nitrogen and oxygen atoms in total. The van der Waals surface area contributed by atoms with Gasteiger partial charge in [-0.3, -0.25) is 19.7 Å². The fourth-order valence-electron chi connectivity index (χ4n) is 1.78. The first-order valence-electron chi connectivity index (χ1n) is 6.67. The largest absolute Gasteiger partial charge is 0.471 e. The number of amides is 2. The second kappa shape index (κ2) is 8.52. The molecule has 2 amide bonds. The molecule has 0 saturated heterocycles. The first kappa shape index (κ1) is 19.7. The Morgan fingerprint density at radius 3 is 2.29 bits per heavy atom. The number of hydrogen-bond donors (Lipinski definition) is 2. The second-order valence-electron chi connectivity index (χ2n) is 4.58. The van der Waals surface area contributed by atoms with Crippen LogP contribution in [0.3, 0.4) is 0 Å². The minimum Gasteiger partial charge on any atom is -0.348 e. The summed E-state index contributed by atoms with van der Waals surface area (Å²) in [5, 5.41) is 12.3. The van der Waals surface area contributed by atoms with Crippen molar-refractivity contribution in [3.8, 4) is 0 Å². The number of carbonyl (C=O) groups excluding carboxylic acids is 2. The fourth-order valence-corrected chi connectivity index (χ4v) is 1.95. The molecule has 0 aromatic heterocycles. The maximum atomic E-state index is 12.0. The van der Waals surface area contributed by atoms with Crippen LogP contribution in [0.2, 0.25) is 0 Å². The van der Waals surface area contributed by atoms with Crippen molar-refractivity contribution in [2.24, 2.45) is 0 Å². The van der Waals surface area contributed by atoms with Crippen molar-refractivity contribution in [1.29, 1.82) is 0 Å². The Kier molecular flexibility index (Phi) is 7.01. The van der Waals surface area contributed by atoms with E-state index >= 15 is 0 Å². The molecule has 0 atom stereocenters. The van der Waals surface area contributed by atoms with E-state index in [1.54, 1.807) is 5.32 Å². The number of non-ortho nitro benzene ring substituents is 1. The van der Waals surface area contributed by atoms with Gasteiger partial charge in [-0.05, 0) is 18.6 Å². The number of carbonyl (C=O) groups is 2. The zero-order valence-electron chi connectivity index (χ0n) is 12.2. The molecular formula is C13H14F3N3O4S. The van der Waals surface area contributed by atoms with Gasteiger partial charge in [-0.2, -0.15) is 25.8 Å². The lowest BCUT2D eigenvalue weighted by Gasteiger charge is -2.22. The van der Waals surface area contributed by atoms with Gasteiger partial charge in [0.05, 0.1) is 10.7 Å². The van der Waals surface area contributed by atoms with Crippen LogP contribution < -0.4 is 10.2 Å². The molecule has 0 aliphatic carbocycles. The van der Waals surface area contributed by atoms with E-state index in [0.29, 0.717) is 5.69 Å². The van der Waals surface area contributed by atoms with Crippen LogP contribution in [0.5, 0.6) is 0 Å². The monoisotopic (exact) mass is 365 g/mol. The summed E-state index contributed by atoms with van der Waals surface area (Å²) in [4.78, 5) is 33.8. The van der Waals surface area contributed by atoms with E-state index in [0.717, 1.165) is 0 Å². The maximum Gasteiger partial charge on any atom is 0.471 e. The summed E-state index contributed by atoms with van der Waals surface area (Å²) in [6.45, 7) is -0.253. The van der Waals surface area contributed by atoms with Crippen LogP contribution in [0.1, 0.15) is 6.42 Å². The zero-order valence-corrected chi connectivity index (χ0v) is 13.1. The van der Waals surface area contributed by atoms with Gasteiger partial charge in [0, 0.05) is 30.9 Å². The number of nitro groups is 1. The highest BCUT2D eigenvalue weighted by Crippen LogP contribution is 2.20. The van der Waals surface area contributed by atoms with Crippen LogP contribution in [0.15, 0.2) is 24.3 Å². The molecule has 0 bridgehead atoms. The number of rotatable bonds is 7. The standard InChI is InChI=1S/C13H14F3N3O4S/c14-13(15,16)12(21)17-6-1-7-18(11(20)8-24)9-2-4-10(5-3-9)19(22)23/h2-5,24H,1,6-8H2,(H,17,21). The summed E-state index contributed by atoms with van der Waals surface area (Å²) in [6.07, 6.45) is -4.89. The van der Waals surface area contributed by atoms with Gasteiger partial charge in [-0.25, -0.2) is 0 Å². The number of anilines is 1. The summed E-state index contributed by atoms with van der Waals surface area (Å²) in [6, 6.07) is 5.13. The molecule has 1 aromatic carbocycles. The minimum absolute atomic E-state index is 0.0232. The van der Waals surface area contributed by atoms with Gasteiger partial charge >= 0.3 is 12.1 Å². The highest BCUT2D eigenvalue weighted by atomic mass is 32.1. The Morgan fingerprint density at radius 2 is 1.83 bits per heavy atom. The van der Waals surface area contributed by atoms with Crippen LogP contribution >= 0.6 is 12.6 Å². The van der Waals surface area contributed by atoms with E-state index in [2.05, 4.69) is 12.6 Å². The predicted molar refractivity (Wildman–Crippen MR) is 83.0 cm³/mol. The van der Waals surface area contributed by atoms with Gasteiger partial charge in [-0.1, -0.05) is 0 Å². The van der Waals surface area contributed by atoms with Gasteiger partial charge in [0.1, 0.15) is 0 Å². The SMILES string of the molecule is O=C(CS)N(CCCNC(=O)C(F)(F)F)c1ccc([N+](=O)[O-])cc1. The number of nitrogens with zero attached hydrogens (tertiary/aromatic N) is 2. The normalized spacial score (nSPS) is 11.0. The number of hydrogen-bond acceptors (Lipinski definition) is 5. The van der Waals surface area contributed by atoms with Crippen molar-refractivity contribution in [3.05, 3.63) is 34.4 Å². The van der Waals surface area contributed by atoms with Crippen LogP contribution in [0.25, 0.3) is 0 Å². The van der Waals surface area contributed by atoms with Crippen LogP contribution in [0, 0.1) is 10.1 Å².